The van der Waals surface area contributed by atoms with Crippen LogP contribution < -0.4 is 10.7 Å². The van der Waals surface area contributed by atoms with Crippen molar-refractivity contribution in [2.75, 3.05) is 19.6 Å². The Bertz CT molecular complexity index is 481. The molecule has 0 fully saturated rings. The first-order chi connectivity index (χ1) is 8.60. The number of carbonyl (C=O) groups excluding carboxylic acids is 2. The summed E-state index contributed by atoms with van der Waals surface area (Å²) in [4.78, 5) is 39.1. The van der Waals surface area contributed by atoms with E-state index in [0.29, 0.717) is 13.1 Å². The Labute approximate surface area is 105 Å². The Hall–Kier alpha value is -2.11. The van der Waals surface area contributed by atoms with Crippen LogP contribution in [0.2, 0.25) is 0 Å². The van der Waals surface area contributed by atoms with Gasteiger partial charge in [0.1, 0.15) is 5.56 Å². The van der Waals surface area contributed by atoms with Crippen LogP contribution in [0.5, 0.6) is 0 Å². The second kappa shape index (κ2) is 6.58. The number of hydrogen-bond donors (Lipinski definition) is 2. The van der Waals surface area contributed by atoms with Crippen LogP contribution in [0.15, 0.2) is 23.3 Å². The maximum absolute atomic E-state index is 12.1. The molecule has 6 nitrogen and oxygen atoms in total. The van der Waals surface area contributed by atoms with Gasteiger partial charge in [0.2, 0.25) is 5.91 Å². The topological polar surface area (TPSA) is 82.3 Å². The zero-order chi connectivity index (χ0) is 13.5. The van der Waals surface area contributed by atoms with E-state index < -0.39 is 5.91 Å². The van der Waals surface area contributed by atoms with E-state index in [-0.39, 0.29) is 23.4 Å². The molecule has 0 aliphatic heterocycles. The second-order valence-corrected chi connectivity index (χ2v) is 3.70. The molecule has 0 unspecified atom stereocenters. The number of aromatic amines is 1. The van der Waals surface area contributed by atoms with Gasteiger partial charge >= 0.3 is 0 Å². The van der Waals surface area contributed by atoms with Gasteiger partial charge < -0.3 is 15.2 Å². The average molecular weight is 251 g/mol. The van der Waals surface area contributed by atoms with Crippen LogP contribution in [0.1, 0.15) is 24.2 Å². The van der Waals surface area contributed by atoms with Crippen molar-refractivity contribution in [2.24, 2.45) is 0 Å². The summed E-state index contributed by atoms with van der Waals surface area (Å²) in [6.45, 7) is 4.39. The summed E-state index contributed by atoms with van der Waals surface area (Å²) in [6, 6.07) is 1.28. The number of nitrogens with one attached hydrogen (secondary N) is 2. The Balaban J connectivity index is 2.83. The molecule has 2 amide bonds. The molecular weight excluding hydrogens is 234 g/mol. The molecular formula is C12H17N3O3. The van der Waals surface area contributed by atoms with Crippen LogP contribution in [0.3, 0.4) is 0 Å². The predicted octanol–water partition coefficient (Wildman–Crippen LogP) is -0.0269. The minimum absolute atomic E-state index is 0.0441. The van der Waals surface area contributed by atoms with E-state index in [1.807, 2.05) is 0 Å². The molecule has 6 heteroatoms. The molecule has 0 saturated heterocycles. The van der Waals surface area contributed by atoms with E-state index in [4.69, 9.17) is 0 Å². The first kappa shape index (κ1) is 14.0. The predicted molar refractivity (Wildman–Crippen MR) is 67.3 cm³/mol. The Morgan fingerprint density at radius 1 is 1.39 bits per heavy atom. The molecule has 2 N–H and O–H groups in total. The van der Waals surface area contributed by atoms with Gasteiger partial charge in [-0.25, -0.2) is 0 Å². The van der Waals surface area contributed by atoms with E-state index in [2.05, 4.69) is 10.3 Å². The van der Waals surface area contributed by atoms with E-state index in [1.54, 1.807) is 13.8 Å². The average Bonchev–Trinajstić information content (AvgIpc) is 2.36. The molecule has 0 aromatic carbocycles. The van der Waals surface area contributed by atoms with Crippen molar-refractivity contribution in [3.63, 3.8) is 0 Å². The molecule has 1 heterocycles. The van der Waals surface area contributed by atoms with Gasteiger partial charge in [0.25, 0.3) is 5.91 Å². The van der Waals surface area contributed by atoms with Crippen molar-refractivity contribution < 1.29 is 9.59 Å². The number of pyridine rings is 1. The number of H-pyrrole nitrogens is 1. The molecule has 0 saturated carbocycles. The summed E-state index contributed by atoms with van der Waals surface area (Å²) in [5, 5.41) is 2.61. The molecule has 0 spiro atoms. The maximum Gasteiger partial charge on any atom is 0.259 e. The summed E-state index contributed by atoms with van der Waals surface area (Å²) in [5.41, 5.74) is -0.309. The fraction of sp³-hybridized carbons (Fsp3) is 0.417. The van der Waals surface area contributed by atoms with Crippen molar-refractivity contribution in [2.45, 2.75) is 13.8 Å². The zero-order valence-corrected chi connectivity index (χ0v) is 10.5. The van der Waals surface area contributed by atoms with Gasteiger partial charge in [-0.05, 0) is 13.8 Å². The highest BCUT2D eigenvalue weighted by Gasteiger charge is 2.19. The van der Waals surface area contributed by atoms with E-state index in [1.165, 1.54) is 23.4 Å². The van der Waals surface area contributed by atoms with Crippen LogP contribution in [-0.4, -0.2) is 41.3 Å². The van der Waals surface area contributed by atoms with Gasteiger partial charge in [0.15, 0.2) is 5.43 Å². The molecule has 18 heavy (non-hydrogen) atoms. The largest absolute Gasteiger partial charge is 0.367 e. The van der Waals surface area contributed by atoms with Crippen LogP contribution in [0.4, 0.5) is 0 Å². The number of nitrogens with zero attached hydrogens (tertiary/aromatic N) is 1. The Morgan fingerprint density at radius 2 is 2.11 bits per heavy atom. The maximum atomic E-state index is 12.1. The lowest BCUT2D eigenvalue weighted by Crippen LogP contribution is -2.41. The van der Waals surface area contributed by atoms with Crippen LogP contribution >= 0.6 is 0 Å². The van der Waals surface area contributed by atoms with Gasteiger partial charge in [-0.1, -0.05) is 0 Å². The number of rotatable bonds is 5. The third-order valence-corrected chi connectivity index (χ3v) is 2.43. The summed E-state index contributed by atoms with van der Waals surface area (Å²) in [6.07, 6.45) is 2.81. The molecule has 1 aromatic heterocycles. The number of aromatic nitrogens is 1. The van der Waals surface area contributed by atoms with Crippen molar-refractivity contribution in [1.29, 1.82) is 0 Å². The SMILES string of the molecule is CCNC(=O)CN(CC)C(=O)c1c[nH]ccc1=O. The number of likely N-dealkylation sites (N-methyl/N-ethyl adjacent to an activating group) is 2. The summed E-state index contributed by atoms with van der Waals surface area (Å²) in [7, 11) is 0. The highest BCUT2D eigenvalue weighted by molar-refractivity contribution is 5.96. The van der Waals surface area contributed by atoms with Crippen LogP contribution in [0, 0.1) is 0 Å². The molecule has 0 bridgehead atoms. The smallest absolute Gasteiger partial charge is 0.259 e. The second-order valence-electron chi connectivity index (χ2n) is 3.70. The van der Waals surface area contributed by atoms with Crippen molar-refractivity contribution in [3.8, 4) is 0 Å². The molecule has 98 valence electrons. The van der Waals surface area contributed by atoms with Crippen molar-refractivity contribution >= 4 is 11.8 Å². The lowest BCUT2D eigenvalue weighted by molar-refractivity contribution is -0.121. The van der Waals surface area contributed by atoms with Gasteiger partial charge in [-0.3, -0.25) is 14.4 Å². The normalized spacial score (nSPS) is 9.89. The molecule has 0 aliphatic carbocycles. The van der Waals surface area contributed by atoms with Gasteiger partial charge in [0.05, 0.1) is 6.54 Å². The number of carbonyl (C=O) groups is 2. The summed E-state index contributed by atoms with van der Waals surface area (Å²) < 4.78 is 0. The van der Waals surface area contributed by atoms with Crippen LogP contribution in [-0.2, 0) is 4.79 Å². The summed E-state index contributed by atoms with van der Waals surface area (Å²) >= 11 is 0. The third kappa shape index (κ3) is 3.44. The van der Waals surface area contributed by atoms with Crippen molar-refractivity contribution in [3.05, 3.63) is 34.2 Å². The van der Waals surface area contributed by atoms with Gasteiger partial charge in [-0.2, -0.15) is 0 Å². The fourth-order valence-corrected chi connectivity index (χ4v) is 1.51. The van der Waals surface area contributed by atoms with E-state index in [0.717, 1.165) is 0 Å². The lowest BCUT2D eigenvalue weighted by Gasteiger charge is -2.19. The van der Waals surface area contributed by atoms with Crippen molar-refractivity contribution in [1.82, 2.24) is 15.2 Å². The highest BCUT2D eigenvalue weighted by Crippen LogP contribution is 1.98. The van der Waals surface area contributed by atoms with Crippen LogP contribution in [0.25, 0.3) is 0 Å². The monoisotopic (exact) mass is 251 g/mol. The standard InChI is InChI=1S/C12H17N3O3/c1-3-14-11(17)8-15(4-2)12(18)9-7-13-6-5-10(9)16/h5-7H,3-4,8H2,1-2H3,(H,13,16)(H,14,17). The molecule has 1 aromatic rings. The minimum atomic E-state index is -0.439. The van der Waals surface area contributed by atoms with E-state index in [9.17, 15) is 14.4 Å². The molecule has 0 radical (unpaired) electrons. The Kier molecular flexibility index (Phi) is 5.10. The third-order valence-electron chi connectivity index (χ3n) is 2.43. The number of amides is 2. The van der Waals surface area contributed by atoms with Gasteiger partial charge in [0, 0.05) is 31.5 Å². The first-order valence-corrected chi connectivity index (χ1v) is 5.83. The Morgan fingerprint density at radius 3 is 2.67 bits per heavy atom. The summed E-state index contributed by atoms with van der Waals surface area (Å²) in [5.74, 6) is -0.675. The minimum Gasteiger partial charge on any atom is -0.367 e. The fourth-order valence-electron chi connectivity index (χ4n) is 1.51. The first-order valence-electron chi connectivity index (χ1n) is 5.83. The quantitative estimate of drug-likeness (QED) is 0.771. The lowest BCUT2D eigenvalue weighted by atomic mass is 10.2. The highest BCUT2D eigenvalue weighted by atomic mass is 16.2. The molecule has 0 atom stereocenters. The zero-order valence-electron chi connectivity index (χ0n) is 10.5. The van der Waals surface area contributed by atoms with Gasteiger partial charge in [-0.15, -0.1) is 0 Å². The molecule has 0 aliphatic rings. The number of hydrogen-bond acceptors (Lipinski definition) is 3. The van der Waals surface area contributed by atoms with E-state index >= 15 is 0 Å². The molecule has 1 rings (SSSR count).